The molecule has 0 bridgehead atoms. The first kappa shape index (κ1) is 15.5. The molecule has 0 aromatic heterocycles. The van der Waals surface area contributed by atoms with E-state index in [1.54, 1.807) is 0 Å². The summed E-state index contributed by atoms with van der Waals surface area (Å²) in [6.07, 6.45) is 2.27. The van der Waals surface area contributed by atoms with Crippen molar-refractivity contribution in [1.29, 1.82) is 0 Å². The van der Waals surface area contributed by atoms with Crippen LogP contribution in [-0.2, 0) is 17.9 Å². The van der Waals surface area contributed by atoms with Gasteiger partial charge in [-0.3, -0.25) is 0 Å². The molecule has 0 aliphatic carbocycles. The lowest BCUT2D eigenvalue weighted by Gasteiger charge is -2.05. The number of nitrogens with two attached hydrogens (primary N) is 1. The molecule has 0 aliphatic heterocycles. The highest BCUT2D eigenvalue weighted by Crippen LogP contribution is 2.06. The maximum absolute atomic E-state index is 5.78. The maximum atomic E-state index is 5.78. The van der Waals surface area contributed by atoms with Gasteiger partial charge in [0.05, 0.1) is 13.2 Å². The summed E-state index contributed by atoms with van der Waals surface area (Å²) >= 11 is 0. The van der Waals surface area contributed by atoms with Crippen LogP contribution in [0.3, 0.4) is 0 Å². The number of ether oxygens (including phenoxy) is 1. The van der Waals surface area contributed by atoms with E-state index in [2.05, 4.69) is 41.5 Å². The number of hydrogen-bond acceptors (Lipinski definition) is 2. The minimum absolute atomic E-state index is 0.520. The molecule has 4 heteroatoms. The van der Waals surface area contributed by atoms with Gasteiger partial charge in [0.1, 0.15) is 0 Å². The Morgan fingerprint density at radius 1 is 1.21 bits per heavy atom. The van der Waals surface area contributed by atoms with Gasteiger partial charge in [-0.1, -0.05) is 37.6 Å². The highest BCUT2D eigenvalue weighted by Gasteiger charge is 1.95. The first-order valence-corrected chi connectivity index (χ1v) is 6.95. The standard InChI is InChI=1S/C15H25N3O/c1-3-5-10-17-15(16)18-11-13-6-8-14(9-7-13)12-19-4-2/h6-9H,3-5,10-12H2,1-2H3,(H3,16,17,18). The average molecular weight is 263 g/mol. The zero-order valence-electron chi connectivity index (χ0n) is 12.0. The van der Waals surface area contributed by atoms with Crippen LogP contribution in [0.25, 0.3) is 0 Å². The highest BCUT2D eigenvalue weighted by atomic mass is 16.5. The van der Waals surface area contributed by atoms with Gasteiger partial charge in [0.15, 0.2) is 5.96 Å². The molecule has 1 aromatic rings. The van der Waals surface area contributed by atoms with E-state index >= 15 is 0 Å². The van der Waals surface area contributed by atoms with E-state index in [9.17, 15) is 0 Å². The predicted octanol–water partition coefficient (Wildman–Crippen LogP) is 2.43. The van der Waals surface area contributed by atoms with Gasteiger partial charge in [0.2, 0.25) is 0 Å². The van der Waals surface area contributed by atoms with Gasteiger partial charge in [0.25, 0.3) is 0 Å². The molecule has 0 atom stereocenters. The van der Waals surface area contributed by atoms with Gasteiger partial charge in [-0.2, -0.15) is 0 Å². The lowest BCUT2D eigenvalue weighted by atomic mass is 10.1. The summed E-state index contributed by atoms with van der Waals surface area (Å²) in [4.78, 5) is 4.31. The van der Waals surface area contributed by atoms with Crippen LogP contribution in [0, 0.1) is 0 Å². The molecular formula is C15H25N3O. The van der Waals surface area contributed by atoms with E-state index in [1.807, 2.05) is 6.92 Å². The van der Waals surface area contributed by atoms with E-state index in [1.165, 1.54) is 5.56 Å². The normalized spacial score (nSPS) is 11.6. The Bertz CT molecular complexity index is 373. The number of guanidine groups is 1. The zero-order chi connectivity index (χ0) is 13.9. The van der Waals surface area contributed by atoms with Gasteiger partial charge < -0.3 is 15.8 Å². The molecule has 0 amide bonds. The Hall–Kier alpha value is -1.55. The number of nitrogens with zero attached hydrogens (tertiary/aromatic N) is 1. The molecule has 0 spiro atoms. The third kappa shape index (κ3) is 6.82. The van der Waals surface area contributed by atoms with Crippen LogP contribution in [0.2, 0.25) is 0 Å². The summed E-state index contributed by atoms with van der Waals surface area (Å²) in [6.45, 7) is 7.06. The van der Waals surface area contributed by atoms with Crippen molar-refractivity contribution >= 4 is 5.96 Å². The van der Waals surface area contributed by atoms with Gasteiger partial charge in [-0.05, 0) is 24.5 Å². The summed E-state index contributed by atoms with van der Waals surface area (Å²) in [5, 5.41) is 3.10. The fourth-order valence-corrected chi connectivity index (χ4v) is 1.59. The molecule has 106 valence electrons. The molecule has 19 heavy (non-hydrogen) atoms. The van der Waals surface area contributed by atoms with Crippen LogP contribution in [0.15, 0.2) is 29.3 Å². The number of rotatable bonds is 8. The maximum Gasteiger partial charge on any atom is 0.188 e. The fraction of sp³-hybridized carbons (Fsp3) is 0.533. The Kier molecular flexibility index (Phi) is 7.66. The monoisotopic (exact) mass is 263 g/mol. The molecule has 3 N–H and O–H groups in total. The van der Waals surface area contributed by atoms with Crippen molar-refractivity contribution in [2.24, 2.45) is 10.7 Å². The predicted molar refractivity (Wildman–Crippen MR) is 80.0 cm³/mol. The molecule has 0 saturated heterocycles. The molecule has 1 aromatic carbocycles. The second-order valence-electron chi connectivity index (χ2n) is 4.44. The quantitative estimate of drug-likeness (QED) is 0.430. The van der Waals surface area contributed by atoms with Crippen LogP contribution in [0.1, 0.15) is 37.8 Å². The first-order valence-electron chi connectivity index (χ1n) is 6.95. The van der Waals surface area contributed by atoms with Crippen LogP contribution in [0.5, 0.6) is 0 Å². The minimum Gasteiger partial charge on any atom is -0.377 e. The van der Waals surface area contributed by atoms with Crippen LogP contribution in [-0.4, -0.2) is 19.1 Å². The second-order valence-corrected chi connectivity index (χ2v) is 4.44. The van der Waals surface area contributed by atoms with Crippen molar-refractivity contribution in [2.75, 3.05) is 13.2 Å². The smallest absolute Gasteiger partial charge is 0.188 e. The van der Waals surface area contributed by atoms with Crippen molar-refractivity contribution in [1.82, 2.24) is 5.32 Å². The number of nitrogens with one attached hydrogen (secondary N) is 1. The Balaban J connectivity index is 2.37. The third-order valence-corrected chi connectivity index (χ3v) is 2.76. The molecule has 1 rings (SSSR count). The lowest BCUT2D eigenvalue weighted by Crippen LogP contribution is -2.32. The molecule has 0 fully saturated rings. The van der Waals surface area contributed by atoms with E-state index in [0.29, 0.717) is 19.1 Å². The SMILES string of the molecule is CCCCNC(N)=NCc1ccc(COCC)cc1. The molecule has 0 radical (unpaired) electrons. The van der Waals surface area contributed by atoms with Gasteiger partial charge in [0, 0.05) is 13.2 Å². The number of hydrogen-bond donors (Lipinski definition) is 2. The molecule has 4 nitrogen and oxygen atoms in total. The fourth-order valence-electron chi connectivity index (χ4n) is 1.59. The summed E-state index contributed by atoms with van der Waals surface area (Å²) in [7, 11) is 0. The van der Waals surface area contributed by atoms with Crippen LogP contribution in [0.4, 0.5) is 0 Å². The molecule has 0 unspecified atom stereocenters. The summed E-state index contributed by atoms with van der Waals surface area (Å²) in [5.74, 6) is 0.520. The second kappa shape index (κ2) is 9.39. The topological polar surface area (TPSA) is 59.6 Å². The van der Waals surface area contributed by atoms with Gasteiger partial charge in [-0.15, -0.1) is 0 Å². The minimum atomic E-state index is 0.520. The van der Waals surface area contributed by atoms with Crippen molar-refractivity contribution < 1.29 is 4.74 Å². The van der Waals surface area contributed by atoms with E-state index in [0.717, 1.165) is 31.6 Å². The van der Waals surface area contributed by atoms with Crippen molar-refractivity contribution in [3.63, 3.8) is 0 Å². The summed E-state index contributed by atoms with van der Waals surface area (Å²) < 4.78 is 5.35. The van der Waals surface area contributed by atoms with Gasteiger partial charge >= 0.3 is 0 Å². The number of aliphatic imine (C=N–C) groups is 1. The van der Waals surface area contributed by atoms with Gasteiger partial charge in [-0.25, -0.2) is 4.99 Å². The number of unbranched alkanes of at least 4 members (excludes halogenated alkanes) is 1. The van der Waals surface area contributed by atoms with Crippen molar-refractivity contribution in [3.8, 4) is 0 Å². The Morgan fingerprint density at radius 2 is 1.89 bits per heavy atom. The summed E-state index contributed by atoms with van der Waals surface area (Å²) in [6, 6.07) is 8.27. The van der Waals surface area contributed by atoms with Crippen LogP contribution >= 0.6 is 0 Å². The zero-order valence-corrected chi connectivity index (χ0v) is 12.0. The van der Waals surface area contributed by atoms with E-state index in [4.69, 9.17) is 10.5 Å². The molecular weight excluding hydrogens is 238 g/mol. The van der Waals surface area contributed by atoms with Crippen molar-refractivity contribution in [3.05, 3.63) is 35.4 Å². The first-order chi connectivity index (χ1) is 9.26. The third-order valence-electron chi connectivity index (χ3n) is 2.76. The largest absolute Gasteiger partial charge is 0.377 e. The molecule has 0 aliphatic rings. The Labute approximate surface area is 116 Å². The average Bonchev–Trinajstić information content (AvgIpc) is 2.44. The summed E-state index contributed by atoms with van der Waals surface area (Å²) in [5.41, 5.74) is 8.11. The van der Waals surface area contributed by atoms with Crippen molar-refractivity contribution in [2.45, 2.75) is 39.8 Å². The lowest BCUT2D eigenvalue weighted by molar-refractivity contribution is 0.134. The Morgan fingerprint density at radius 3 is 2.53 bits per heavy atom. The van der Waals surface area contributed by atoms with Crippen LogP contribution < -0.4 is 11.1 Å². The van der Waals surface area contributed by atoms with E-state index in [-0.39, 0.29) is 0 Å². The van der Waals surface area contributed by atoms with E-state index < -0.39 is 0 Å². The number of benzene rings is 1. The molecule has 0 saturated carbocycles. The highest BCUT2D eigenvalue weighted by molar-refractivity contribution is 5.77. The molecule has 0 heterocycles.